The first-order valence-electron chi connectivity index (χ1n) is 14.2. The first-order valence-corrected chi connectivity index (χ1v) is 14.2. The summed E-state index contributed by atoms with van der Waals surface area (Å²) in [5.74, 6) is 0.572. The Bertz CT molecular complexity index is 1460. The summed E-state index contributed by atoms with van der Waals surface area (Å²) in [5, 5.41) is 2.88. The zero-order chi connectivity index (χ0) is 29.8. The number of piperazine rings is 1. The van der Waals surface area contributed by atoms with Gasteiger partial charge in [0.15, 0.2) is 0 Å². The number of urea groups is 1. The highest BCUT2D eigenvalue weighted by molar-refractivity contribution is 6.08. The summed E-state index contributed by atoms with van der Waals surface area (Å²) in [6.07, 6.45) is 1.60. The molecule has 1 saturated heterocycles. The molecule has 2 aliphatic rings. The second kappa shape index (κ2) is 12.7. The van der Waals surface area contributed by atoms with E-state index in [1.54, 1.807) is 41.4 Å². The van der Waals surface area contributed by atoms with Gasteiger partial charge >= 0.3 is 6.03 Å². The number of hydrogen-bond acceptors (Lipinski definition) is 8. The van der Waals surface area contributed by atoms with Gasteiger partial charge in [-0.3, -0.25) is 19.5 Å². The van der Waals surface area contributed by atoms with Gasteiger partial charge in [0.1, 0.15) is 18.2 Å². The van der Waals surface area contributed by atoms with Crippen molar-refractivity contribution in [2.45, 2.75) is 33.6 Å². The number of carbonyl (C=O) groups excluding carboxylic acids is 2. The lowest BCUT2D eigenvalue weighted by molar-refractivity contribution is 0.102. The van der Waals surface area contributed by atoms with Crippen LogP contribution in [0.5, 0.6) is 5.75 Å². The zero-order valence-electron chi connectivity index (χ0n) is 24.3. The van der Waals surface area contributed by atoms with Crippen LogP contribution in [-0.2, 0) is 19.8 Å². The van der Waals surface area contributed by atoms with Crippen molar-refractivity contribution in [2.75, 3.05) is 67.2 Å². The Labute approximate surface area is 245 Å². The van der Waals surface area contributed by atoms with Gasteiger partial charge in [-0.15, -0.1) is 0 Å². The number of fused-ring (bicyclic) bond motifs is 1. The molecular formula is C30H37FN8O3. The van der Waals surface area contributed by atoms with Gasteiger partial charge in [0.05, 0.1) is 19.3 Å². The molecule has 0 spiro atoms. The van der Waals surface area contributed by atoms with Crippen LogP contribution < -0.4 is 25.6 Å². The summed E-state index contributed by atoms with van der Waals surface area (Å²) in [6, 6.07) is 9.99. The van der Waals surface area contributed by atoms with E-state index in [0.717, 1.165) is 43.9 Å². The van der Waals surface area contributed by atoms with Gasteiger partial charge in [0.2, 0.25) is 5.95 Å². The van der Waals surface area contributed by atoms with Crippen LogP contribution in [-0.4, -0.2) is 78.1 Å². The van der Waals surface area contributed by atoms with E-state index in [1.165, 1.54) is 12.0 Å². The quantitative estimate of drug-likeness (QED) is 0.394. The molecule has 2 aromatic carbocycles. The van der Waals surface area contributed by atoms with Crippen LogP contribution in [0.4, 0.5) is 32.3 Å². The third-order valence-corrected chi connectivity index (χ3v) is 7.84. The maximum absolute atomic E-state index is 14.1. The third kappa shape index (κ3) is 6.14. The third-order valence-electron chi connectivity index (χ3n) is 7.84. The van der Waals surface area contributed by atoms with Gasteiger partial charge in [-0.1, -0.05) is 13.0 Å². The van der Waals surface area contributed by atoms with E-state index >= 15 is 0 Å². The highest BCUT2D eigenvalue weighted by Gasteiger charge is 2.32. The van der Waals surface area contributed by atoms with Crippen molar-refractivity contribution in [1.29, 1.82) is 0 Å². The van der Waals surface area contributed by atoms with Crippen molar-refractivity contribution in [3.63, 3.8) is 0 Å². The molecule has 1 fully saturated rings. The van der Waals surface area contributed by atoms with Crippen molar-refractivity contribution in [3.8, 4) is 5.75 Å². The van der Waals surface area contributed by atoms with Crippen LogP contribution in [0.25, 0.3) is 0 Å². The van der Waals surface area contributed by atoms with Gasteiger partial charge in [-0.05, 0) is 48.9 Å². The topological polar surface area (TPSA) is 120 Å². The minimum Gasteiger partial charge on any atom is -0.497 e. The number of aromatic nitrogens is 2. The molecule has 3 N–H and O–H groups in total. The summed E-state index contributed by atoms with van der Waals surface area (Å²) in [7, 11) is 1.50. The van der Waals surface area contributed by atoms with Crippen molar-refractivity contribution in [3.05, 3.63) is 64.8 Å². The number of rotatable bonds is 9. The smallest absolute Gasteiger partial charge is 0.330 e. The fourth-order valence-corrected chi connectivity index (χ4v) is 5.40. The lowest BCUT2D eigenvalue weighted by atomic mass is 10.1. The first-order chi connectivity index (χ1) is 20.3. The SMILES string of the molecule is CCN1CCN(Cc2ccc(NC(=O)c3cc(OC)cc(N4Cc5cnc(N)nc5N(CC)C4=O)c3)cc2CF)CC1. The number of anilines is 4. The van der Waals surface area contributed by atoms with Crippen LogP contribution in [0.15, 0.2) is 42.6 Å². The molecule has 222 valence electrons. The zero-order valence-corrected chi connectivity index (χ0v) is 24.3. The van der Waals surface area contributed by atoms with E-state index in [-0.39, 0.29) is 18.5 Å². The molecule has 0 unspecified atom stereocenters. The number of ether oxygens (including phenoxy) is 1. The number of amides is 3. The van der Waals surface area contributed by atoms with Crippen LogP contribution in [0, 0.1) is 0 Å². The average molecular weight is 577 g/mol. The van der Waals surface area contributed by atoms with Gasteiger partial charge < -0.3 is 20.7 Å². The summed E-state index contributed by atoms with van der Waals surface area (Å²) in [4.78, 5) is 43.0. The van der Waals surface area contributed by atoms with Gasteiger partial charge in [0.25, 0.3) is 5.91 Å². The number of carbonyl (C=O) groups is 2. The maximum Gasteiger partial charge on any atom is 0.330 e. The van der Waals surface area contributed by atoms with Gasteiger partial charge in [-0.2, -0.15) is 4.98 Å². The van der Waals surface area contributed by atoms with Crippen molar-refractivity contribution in [1.82, 2.24) is 19.8 Å². The minimum absolute atomic E-state index is 0.0903. The van der Waals surface area contributed by atoms with Gasteiger partial charge in [-0.25, -0.2) is 14.2 Å². The molecule has 0 bridgehead atoms. The first kappa shape index (κ1) is 29.2. The normalized spacial score (nSPS) is 16.0. The number of nitrogen functional groups attached to an aromatic ring is 1. The molecule has 3 aromatic rings. The molecule has 11 nitrogen and oxygen atoms in total. The van der Waals surface area contributed by atoms with E-state index in [0.29, 0.717) is 47.2 Å². The Balaban J connectivity index is 1.35. The van der Waals surface area contributed by atoms with E-state index in [9.17, 15) is 14.0 Å². The number of hydrogen-bond donors (Lipinski definition) is 2. The summed E-state index contributed by atoms with van der Waals surface area (Å²) < 4.78 is 19.5. The fourth-order valence-electron chi connectivity index (χ4n) is 5.40. The number of likely N-dealkylation sites (N-methyl/N-ethyl adjacent to an activating group) is 1. The number of methoxy groups -OCH3 is 1. The van der Waals surface area contributed by atoms with Crippen molar-refractivity contribution >= 4 is 35.1 Å². The standard InChI is InChI=1S/C30H37FN8O3/c1-4-36-8-10-37(11-9-36)18-20-6-7-24(12-22(20)16-31)34-28(40)21-13-25(15-26(14-21)42-3)39-19-23-17-33-29(32)35-27(23)38(5-2)30(39)41/h6-7,12-15,17H,4-5,8-11,16,18-19H2,1-3H3,(H,34,40)(H2,32,33,35). The van der Waals surface area contributed by atoms with Crippen molar-refractivity contribution < 1.29 is 18.7 Å². The van der Waals surface area contributed by atoms with Crippen LogP contribution >= 0.6 is 0 Å². The second-order valence-corrected chi connectivity index (χ2v) is 10.4. The summed E-state index contributed by atoms with van der Waals surface area (Å²) in [6.45, 7) is 9.56. The molecule has 0 aliphatic carbocycles. The molecular weight excluding hydrogens is 539 g/mol. The minimum atomic E-state index is -0.626. The fraction of sp³-hybridized carbons (Fsp3) is 0.400. The molecule has 0 saturated carbocycles. The Hall–Kier alpha value is -4.29. The number of nitrogens with one attached hydrogen (secondary N) is 1. The Morgan fingerprint density at radius 2 is 1.81 bits per heavy atom. The number of halogens is 1. The van der Waals surface area contributed by atoms with Crippen molar-refractivity contribution in [2.24, 2.45) is 0 Å². The predicted molar refractivity (Wildman–Crippen MR) is 161 cm³/mol. The van der Waals surface area contributed by atoms with Crippen LogP contribution in [0.1, 0.15) is 40.9 Å². The second-order valence-electron chi connectivity index (χ2n) is 10.4. The molecule has 0 atom stereocenters. The van der Waals surface area contributed by atoms with E-state index in [1.807, 2.05) is 13.0 Å². The number of benzene rings is 2. The molecule has 12 heteroatoms. The number of nitrogens with zero attached hydrogens (tertiary/aromatic N) is 6. The lowest BCUT2D eigenvalue weighted by Gasteiger charge is -2.35. The van der Waals surface area contributed by atoms with Crippen LogP contribution in [0.3, 0.4) is 0 Å². The maximum atomic E-state index is 14.1. The van der Waals surface area contributed by atoms with E-state index in [4.69, 9.17) is 10.5 Å². The molecule has 3 heterocycles. The average Bonchev–Trinajstić information content (AvgIpc) is 3.01. The molecule has 42 heavy (non-hydrogen) atoms. The molecule has 5 rings (SSSR count). The predicted octanol–water partition coefficient (Wildman–Crippen LogP) is 3.89. The molecule has 1 aromatic heterocycles. The number of alkyl halides is 1. The Kier molecular flexibility index (Phi) is 8.83. The highest BCUT2D eigenvalue weighted by Crippen LogP contribution is 2.33. The monoisotopic (exact) mass is 576 g/mol. The summed E-state index contributed by atoms with van der Waals surface area (Å²) >= 11 is 0. The highest BCUT2D eigenvalue weighted by atomic mass is 19.1. The summed E-state index contributed by atoms with van der Waals surface area (Å²) in [5.41, 5.74) is 9.22. The number of nitrogens with two attached hydrogens (primary N) is 1. The molecule has 2 aliphatic heterocycles. The lowest BCUT2D eigenvalue weighted by Crippen LogP contribution is -2.48. The van der Waals surface area contributed by atoms with Crippen LogP contribution in [0.2, 0.25) is 0 Å². The Morgan fingerprint density at radius 1 is 1.05 bits per heavy atom. The Morgan fingerprint density at radius 3 is 2.50 bits per heavy atom. The van der Waals surface area contributed by atoms with E-state index in [2.05, 4.69) is 32.0 Å². The van der Waals surface area contributed by atoms with Gasteiger partial charge in [0, 0.05) is 68.3 Å². The molecule has 3 amide bonds. The van der Waals surface area contributed by atoms with E-state index < -0.39 is 12.6 Å². The molecule has 0 radical (unpaired) electrons. The largest absolute Gasteiger partial charge is 0.497 e.